The number of carboxylic acid groups (broad SMARTS) is 2. The zero-order valence-electron chi connectivity index (χ0n) is 15.3. The summed E-state index contributed by atoms with van der Waals surface area (Å²) in [5.41, 5.74) is 19.9. The molecule has 10 N–H and O–H groups in total. The number of aliphatic hydroxyl groups is 2. The first-order chi connectivity index (χ1) is 12.7. The molecule has 0 heterocycles. The van der Waals surface area contributed by atoms with Crippen LogP contribution in [-0.4, -0.2) is 108 Å². The molecule has 0 aliphatic heterocycles. The van der Waals surface area contributed by atoms with Gasteiger partial charge in [0.25, 0.3) is 0 Å². The number of Topliss-reactive ketones (excluding diaryl/α,β-unsaturated/α-hetero) is 2. The molecular formula is C14H22CaN4O10. The van der Waals surface area contributed by atoms with E-state index in [4.69, 9.17) is 33.1 Å². The SMILES string of the molecule is NC(=O)C[C@H](N)C(=O)CC(O)C(=O)[O-].NC(=O)C[C@H](N)C(=O)CC(O)C(=O)[O-].[Ca+2]. The molecule has 29 heavy (non-hydrogen) atoms. The Bertz CT molecular complexity index is 563. The van der Waals surface area contributed by atoms with Gasteiger partial charge in [0.1, 0.15) is 12.2 Å². The number of rotatable bonds is 12. The molecule has 14 nitrogen and oxygen atoms in total. The number of carbonyl (C=O) groups is 6. The van der Waals surface area contributed by atoms with E-state index in [0.717, 1.165) is 0 Å². The molecule has 2 amide bonds. The van der Waals surface area contributed by atoms with Gasteiger partial charge in [0.2, 0.25) is 11.8 Å². The van der Waals surface area contributed by atoms with Crippen molar-refractivity contribution in [2.75, 3.05) is 0 Å². The van der Waals surface area contributed by atoms with Crippen molar-refractivity contribution >= 4 is 73.1 Å². The Morgan fingerprint density at radius 2 is 0.897 bits per heavy atom. The number of hydrogen-bond acceptors (Lipinski definition) is 12. The van der Waals surface area contributed by atoms with Gasteiger partial charge in [-0.25, -0.2) is 0 Å². The average molecular weight is 446 g/mol. The molecule has 0 aliphatic carbocycles. The third-order valence-electron chi connectivity index (χ3n) is 3.00. The quantitative estimate of drug-likeness (QED) is 0.152. The molecule has 0 fully saturated rings. The molecule has 0 saturated carbocycles. The molecule has 0 bridgehead atoms. The number of carbonyl (C=O) groups excluding carboxylic acids is 6. The van der Waals surface area contributed by atoms with Crippen molar-refractivity contribution in [1.82, 2.24) is 0 Å². The molecule has 160 valence electrons. The third kappa shape index (κ3) is 16.9. The first kappa shape index (κ1) is 32.0. The van der Waals surface area contributed by atoms with E-state index in [9.17, 15) is 39.0 Å². The van der Waals surface area contributed by atoms with Gasteiger partial charge in [-0.3, -0.25) is 19.2 Å². The molecule has 15 heteroatoms. The molecule has 0 saturated heterocycles. The standard InChI is InChI=1S/2C7H12N2O5.Ca/c2*8-3(1-6(9)12)4(10)2-5(11)7(13)14;/h2*3,5,11H,1-2,8H2,(H2,9,12)(H,13,14);/q;;+2/p-2/t2*3-,5?;/m00./s1. The monoisotopic (exact) mass is 446 g/mol. The summed E-state index contributed by atoms with van der Waals surface area (Å²) in [6, 6.07) is -2.36. The van der Waals surface area contributed by atoms with Crippen LogP contribution in [0.1, 0.15) is 25.7 Å². The predicted molar refractivity (Wildman–Crippen MR) is 90.6 cm³/mol. The Labute approximate surface area is 194 Å². The van der Waals surface area contributed by atoms with Gasteiger partial charge in [-0.15, -0.1) is 0 Å². The van der Waals surface area contributed by atoms with Crippen molar-refractivity contribution in [3.63, 3.8) is 0 Å². The molecule has 2 unspecified atom stereocenters. The Kier molecular flexibility index (Phi) is 17.8. The number of hydrogen-bond donors (Lipinski definition) is 6. The zero-order valence-corrected chi connectivity index (χ0v) is 17.5. The van der Waals surface area contributed by atoms with Crippen LogP contribution in [0.5, 0.6) is 0 Å². The van der Waals surface area contributed by atoms with Gasteiger partial charge in [0, 0.05) is 25.7 Å². The van der Waals surface area contributed by atoms with Crippen molar-refractivity contribution in [1.29, 1.82) is 0 Å². The number of primary amides is 2. The molecule has 0 radical (unpaired) electrons. The first-order valence-electron chi connectivity index (χ1n) is 7.60. The van der Waals surface area contributed by atoms with Crippen LogP contribution in [0.2, 0.25) is 0 Å². The normalized spacial score (nSPS) is 13.9. The number of ketones is 2. The Morgan fingerprint density at radius 1 is 0.655 bits per heavy atom. The molecule has 0 spiro atoms. The summed E-state index contributed by atoms with van der Waals surface area (Å²) in [5, 5.41) is 37.5. The van der Waals surface area contributed by atoms with Crippen LogP contribution in [-0.2, 0) is 28.8 Å². The van der Waals surface area contributed by atoms with Crippen LogP contribution >= 0.6 is 0 Å². The van der Waals surface area contributed by atoms with E-state index in [1.807, 2.05) is 0 Å². The van der Waals surface area contributed by atoms with Crippen LogP contribution in [0.4, 0.5) is 0 Å². The van der Waals surface area contributed by atoms with Gasteiger partial charge in [0.05, 0.1) is 24.0 Å². The maximum atomic E-state index is 11.0. The smallest absolute Gasteiger partial charge is 0.547 e. The predicted octanol–water partition coefficient (Wildman–Crippen LogP) is -7.86. The minimum Gasteiger partial charge on any atom is -0.547 e. The van der Waals surface area contributed by atoms with Crippen LogP contribution < -0.4 is 33.1 Å². The van der Waals surface area contributed by atoms with E-state index in [1.54, 1.807) is 0 Å². The van der Waals surface area contributed by atoms with E-state index < -0.39 is 72.5 Å². The van der Waals surface area contributed by atoms with Crippen molar-refractivity contribution in [3.8, 4) is 0 Å². The Balaban J connectivity index is -0.000000451. The minimum atomic E-state index is -1.90. The number of carboxylic acids is 2. The summed E-state index contributed by atoms with van der Waals surface area (Å²) < 4.78 is 0. The van der Waals surface area contributed by atoms with Crippen LogP contribution in [0.25, 0.3) is 0 Å². The summed E-state index contributed by atoms with van der Waals surface area (Å²) >= 11 is 0. The van der Waals surface area contributed by atoms with Crippen LogP contribution in [0.15, 0.2) is 0 Å². The van der Waals surface area contributed by atoms with Gasteiger partial charge in [-0.1, -0.05) is 0 Å². The van der Waals surface area contributed by atoms with E-state index in [-0.39, 0.29) is 50.6 Å². The van der Waals surface area contributed by atoms with Crippen LogP contribution in [0.3, 0.4) is 0 Å². The van der Waals surface area contributed by atoms with Crippen LogP contribution in [0, 0.1) is 0 Å². The maximum Gasteiger partial charge on any atom is 2.00 e. The van der Waals surface area contributed by atoms with Crippen molar-refractivity contribution in [2.24, 2.45) is 22.9 Å². The molecule has 0 aromatic rings. The summed E-state index contributed by atoms with van der Waals surface area (Å²) in [5.74, 6) is -6.56. The van der Waals surface area contributed by atoms with Crippen molar-refractivity contribution in [2.45, 2.75) is 50.0 Å². The second-order valence-electron chi connectivity index (χ2n) is 5.56. The molecule has 0 aromatic heterocycles. The number of amides is 2. The summed E-state index contributed by atoms with van der Waals surface area (Å²) in [7, 11) is 0. The third-order valence-corrected chi connectivity index (χ3v) is 3.00. The molecule has 0 rings (SSSR count). The van der Waals surface area contributed by atoms with E-state index >= 15 is 0 Å². The summed E-state index contributed by atoms with van der Waals surface area (Å²) in [4.78, 5) is 62.8. The average Bonchev–Trinajstić information content (AvgIpc) is 2.53. The second kappa shape index (κ2) is 16.2. The zero-order chi connectivity index (χ0) is 22.6. The van der Waals surface area contributed by atoms with Crippen molar-refractivity contribution < 1.29 is 49.2 Å². The fraction of sp³-hybridized carbons (Fsp3) is 0.571. The van der Waals surface area contributed by atoms with Gasteiger partial charge in [0.15, 0.2) is 11.6 Å². The number of nitrogens with two attached hydrogens (primary N) is 4. The maximum absolute atomic E-state index is 11.0. The molecular weight excluding hydrogens is 424 g/mol. The number of aliphatic hydroxyl groups excluding tert-OH is 2. The van der Waals surface area contributed by atoms with Gasteiger partial charge in [-0.2, -0.15) is 0 Å². The summed E-state index contributed by atoms with van der Waals surface area (Å²) in [6.07, 6.45) is -5.92. The number of aliphatic carboxylic acids is 2. The minimum absolute atomic E-state index is 0. The Morgan fingerprint density at radius 3 is 1.07 bits per heavy atom. The summed E-state index contributed by atoms with van der Waals surface area (Å²) in [6.45, 7) is 0. The van der Waals surface area contributed by atoms with E-state index in [2.05, 4.69) is 0 Å². The van der Waals surface area contributed by atoms with Crippen molar-refractivity contribution in [3.05, 3.63) is 0 Å². The first-order valence-corrected chi connectivity index (χ1v) is 7.60. The van der Waals surface area contributed by atoms with E-state index in [0.29, 0.717) is 0 Å². The molecule has 0 aromatic carbocycles. The van der Waals surface area contributed by atoms with Gasteiger partial charge in [-0.05, 0) is 0 Å². The second-order valence-corrected chi connectivity index (χ2v) is 5.56. The Hall–Kier alpha value is -1.68. The topological polar surface area (TPSA) is 293 Å². The van der Waals surface area contributed by atoms with Gasteiger partial charge >= 0.3 is 37.7 Å². The fourth-order valence-corrected chi connectivity index (χ4v) is 1.51. The van der Waals surface area contributed by atoms with E-state index in [1.165, 1.54) is 0 Å². The molecule has 0 aliphatic rings. The largest absolute Gasteiger partial charge is 2.00 e. The van der Waals surface area contributed by atoms with Gasteiger partial charge < -0.3 is 52.9 Å². The molecule has 4 atom stereocenters. The fourth-order valence-electron chi connectivity index (χ4n) is 1.51.